The van der Waals surface area contributed by atoms with Crippen molar-refractivity contribution in [2.45, 2.75) is 13.0 Å². The average Bonchev–Trinajstić information content (AvgIpc) is 2.70. The first kappa shape index (κ1) is 20.1. The van der Waals surface area contributed by atoms with Crippen molar-refractivity contribution in [3.05, 3.63) is 58.4 Å². The van der Waals surface area contributed by atoms with Gasteiger partial charge < -0.3 is 19.7 Å². The molecule has 148 valence electrons. The van der Waals surface area contributed by atoms with Gasteiger partial charge in [-0.3, -0.25) is 9.59 Å². The van der Waals surface area contributed by atoms with E-state index in [1.54, 1.807) is 31.2 Å². The maximum atomic E-state index is 13.1. The van der Waals surface area contributed by atoms with E-state index in [0.717, 1.165) is 11.1 Å². The molecule has 0 aliphatic carbocycles. The molecule has 0 bridgehead atoms. The van der Waals surface area contributed by atoms with E-state index >= 15 is 0 Å². The van der Waals surface area contributed by atoms with E-state index < -0.39 is 17.9 Å². The number of carbonyl (C=O) groups is 2. The molecule has 1 N–H and O–H groups in total. The van der Waals surface area contributed by atoms with Crippen LogP contribution in [0.3, 0.4) is 0 Å². The van der Waals surface area contributed by atoms with Crippen molar-refractivity contribution >= 4 is 29.1 Å². The van der Waals surface area contributed by atoms with Crippen LogP contribution in [0.2, 0.25) is 5.02 Å². The average molecular weight is 407 g/mol. The van der Waals surface area contributed by atoms with E-state index in [4.69, 9.17) is 21.1 Å². The van der Waals surface area contributed by atoms with Gasteiger partial charge in [-0.2, -0.15) is 0 Å². The molecule has 1 heterocycles. The van der Waals surface area contributed by atoms with Gasteiger partial charge in [-0.15, -0.1) is 0 Å². The molecule has 1 aliphatic heterocycles. The van der Waals surface area contributed by atoms with Crippen LogP contribution in [0.1, 0.15) is 17.2 Å². The lowest BCUT2D eigenvalue weighted by molar-refractivity contribution is -0.148. The molecule has 0 radical (unpaired) electrons. The minimum Gasteiger partial charge on any atom is -0.495 e. The third kappa shape index (κ3) is 4.43. The number of morpholine rings is 1. The Morgan fingerprint density at radius 1 is 1.29 bits per heavy atom. The van der Waals surface area contributed by atoms with E-state index in [1.165, 1.54) is 24.1 Å². The zero-order chi connectivity index (χ0) is 20.3. The minimum absolute atomic E-state index is 0.203. The lowest BCUT2D eigenvalue weighted by atomic mass is 10.1. The molecule has 2 aromatic carbocycles. The first-order valence-corrected chi connectivity index (χ1v) is 9.08. The van der Waals surface area contributed by atoms with Crippen molar-refractivity contribution in [2.75, 3.05) is 32.1 Å². The Labute approximate surface area is 167 Å². The second-order valence-electron chi connectivity index (χ2n) is 6.42. The number of rotatable bonds is 3. The highest BCUT2D eigenvalue weighted by Crippen LogP contribution is 2.31. The molecule has 6 nitrogen and oxygen atoms in total. The number of hydrogen-bond acceptors (Lipinski definition) is 4. The number of halogens is 2. The van der Waals surface area contributed by atoms with Gasteiger partial charge in [-0.1, -0.05) is 23.7 Å². The Hall–Kier alpha value is -2.64. The summed E-state index contributed by atoms with van der Waals surface area (Å²) < 4.78 is 24.0. The van der Waals surface area contributed by atoms with Crippen LogP contribution in [0.15, 0.2) is 36.4 Å². The van der Waals surface area contributed by atoms with Crippen LogP contribution in [-0.4, -0.2) is 43.5 Å². The number of nitrogens with one attached hydrogen (secondary N) is 1. The fourth-order valence-electron chi connectivity index (χ4n) is 2.96. The van der Waals surface area contributed by atoms with Crippen molar-refractivity contribution in [2.24, 2.45) is 0 Å². The SMILES string of the molecule is COc1cc(Cl)c(C)cc1NC(=O)C(=O)N1CCOC(c2ccc(F)cc2)C1. The van der Waals surface area contributed by atoms with Crippen LogP contribution in [-0.2, 0) is 14.3 Å². The Morgan fingerprint density at radius 3 is 2.68 bits per heavy atom. The highest BCUT2D eigenvalue weighted by molar-refractivity contribution is 6.39. The quantitative estimate of drug-likeness (QED) is 0.794. The molecule has 8 heteroatoms. The normalized spacial score (nSPS) is 16.6. The first-order chi connectivity index (χ1) is 13.4. The topological polar surface area (TPSA) is 67.9 Å². The second kappa shape index (κ2) is 8.58. The maximum Gasteiger partial charge on any atom is 0.314 e. The second-order valence-corrected chi connectivity index (χ2v) is 6.83. The summed E-state index contributed by atoms with van der Waals surface area (Å²) in [5, 5.41) is 3.08. The number of methoxy groups -OCH3 is 1. The predicted octanol–water partition coefficient (Wildman–Crippen LogP) is 3.33. The van der Waals surface area contributed by atoms with Crippen LogP contribution in [0.4, 0.5) is 10.1 Å². The summed E-state index contributed by atoms with van der Waals surface area (Å²) >= 11 is 6.06. The number of nitrogens with zero attached hydrogens (tertiary/aromatic N) is 1. The Morgan fingerprint density at radius 2 is 2.00 bits per heavy atom. The molecule has 3 rings (SSSR count). The largest absolute Gasteiger partial charge is 0.495 e. The number of ether oxygens (including phenoxy) is 2. The maximum absolute atomic E-state index is 13.1. The van der Waals surface area contributed by atoms with E-state index in [1.807, 2.05) is 0 Å². The predicted molar refractivity (Wildman–Crippen MR) is 103 cm³/mol. The van der Waals surface area contributed by atoms with Gasteiger partial charge in [-0.25, -0.2) is 4.39 Å². The van der Waals surface area contributed by atoms with Gasteiger partial charge in [0, 0.05) is 17.6 Å². The molecular weight excluding hydrogens is 387 g/mol. The molecule has 1 atom stereocenters. The Balaban J connectivity index is 1.70. The van der Waals surface area contributed by atoms with Crippen LogP contribution >= 0.6 is 11.6 Å². The van der Waals surface area contributed by atoms with Gasteiger partial charge in [0.2, 0.25) is 0 Å². The molecule has 1 unspecified atom stereocenters. The van der Waals surface area contributed by atoms with Crippen molar-refractivity contribution in [1.29, 1.82) is 0 Å². The Kier molecular flexibility index (Phi) is 6.16. The summed E-state index contributed by atoms with van der Waals surface area (Å²) in [7, 11) is 1.45. The van der Waals surface area contributed by atoms with Crippen molar-refractivity contribution in [3.63, 3.8) is 0 Å². The number of aryl methyl sites for hydroxylation is 1. The third-order valence-electron chi connectivity index (χ3n) is 4.52. The molecule has 1 fully saturated rings. The highest BCUT2D eigenvalue weighted by atomic mass is 35.5. The lowest BCUT2D eigenvalue weighted by Crippen LogP contribution is -2.46. The van der Waals surface area contributed by atoms with Gasteiger partial charge in [0.05, 0.1) is 25.9 Å². The molecule has 0 saturated carbocycles. The lowest BCUT2D eigenvalue weighted by Gasteiger charge is -2.32. The van der Waals surface area contributed by atoms with Gasteiger partial charge in [0.25, 0.3) is 0 Å². The first-order valence-electron chi connectivity index (χ1n) is 8.70. The molecule has 28 heavy (non-hydrogen) atoms. The standard InChI is InChI=1S/C20H20ClFN2O4/c1-12-9-16(17(27-2)10-15(12)21)23-19(25)20(26)24-7-8-28-18(11-24)13-3-5-14(22)6-4-13/h3-6,9-10,18H,7-8,11H2,1-2H3,(H,23,25). The summed E-state index contributed by atoms with van der Waals surface area (Å²) in [5.74, 6) is -1.44. The summed E-state index contributed by atoms with van der Waals surface area (Å²) in [4.78, 5) is 26.5. The minimum atomic E-state index is -0.778. The smallest absolute Gasteiger partial charge is 0.314 e. The molecule has 0 aromatic heterocycles. The fraction of sp³-hybridized carbons (Fsp3) is 0.300. The molecule has 1 aliphatic rings. The van der Waals surface area contributed by atoms with Crippen LogP contribution in [0.5, 0.6) is 5.75 Å². The number of benzene rings is 2. The van der Waals surface area contributed by atoms with Crippen LogP contribution in [0, 0.1) is 12.7 Å². The molecule has 2 amide bonds. The summed E-state index contributed by atoms with van der Waals surface area (Å²) in [5.41, 5.74) is 1.85. The van der Waals surface area contributed by atoms with Gasteiger partial charge >= 0.3 is 11.8 Å². The summed E-state index contributed by atoms with van der Waals surface area (Å²) in [6.07, 6.45) is -0.418. The summed E-state index contributed by atoms with van der Waals surface area (Å²) in [6.45, 7) is 2.56. The number of amides is 2. The van der Waals surface area contributed by atoms with E-state index in [9.17, 15) is 14.0 Å². The summed E-state index contributed by atoms with van der Waals surface area (Å²) in [6, 6.07) is 9.11. The third-order valence-corrected chi connectivity index (χ3v) is 4.93. The molecule has 2 aromatic rings. The number of anilines is 1. The highest BCUT2D eigenvalue weighted by Gasteiger charge is 2.29. The zero-order valence-corrected chi connectivity index (χ0v) is 16.3. The van der Waals surface area contributed by atoms with E-state index in [2.05, 4.69) is 5.32 Å². The zero-order valence-electron chi connectivity index (χ0n) is 15.5. The van der Waals surface area contributed by atoms with Crippen molar-refractivity contribution < 1.29 is 23.5 Å². The van der Waals surface area contributed by atoms with Gasteiger partial charge in [0.1, 0.15) is 17.7 Å². The van der Waals surface area contributed by atoms with Gasteiger partial charge in [-0.05, 0) is 36.2 Å². The van der Waals surface area contributed by atoms with Crippen molar-refractivity contribution in [3.8, 4) is 5.75 Å². The number of carbonyl (C=O) groups excluding carboxylic acids is 2. The molecule has 1 saturated heterocycles. The van der Waals surface area contributed by atoms with Crippen molar-refractivity contribution in [1.82, 2.24) is 4.90 Å². The molecular formula is C20H20ClFN2O4. The fourth-order valence-corrected chi connectivity index (χ4v) is 3.12. The Bertz CT molecular complexity index is 889. The number of hydrogen-bond donors (Lipinski definition) is 1. The van der Waals surface area contributed by atoms with Crippen LogP contribution < -0.4 is 10.1 Å². The van der Waals surface area contributed by atoms with Crippen LogP contribution in [0.25, 0.3) is 0 Å². The van der Waals surface area contributed by atoms with E-state index in [0.29, 0.717) is 23.0 Å². The monoisotopic (exact) mass is 406 g/mol. The van der Waals surface area contributed by atoms with E-state index in [-0.39, 0.29) is 19.0 Å². The molecule has 0 spiro atoms. The van der Waals surface area contributed by atoms with Gasteiger partial charge in [0.15, 0.2) is 0 Å².